The predicted molar refractivity (Wildman–Crippen MR) is 91.6 cm³/mol. The van der Waals surface area contributed by atoms with Gasteiger partial charge >= 0.3 is 0 Å². The zero-order chi connectivity index (χ0) is 16.4. The molecule has 0 aliphatic heterocycles. The van der Waals surface area contributed by atoms with Crippen molar-refractivity contribution in [1.82, 2.24) is 14.9 Å². The van der Waals surface area contributed by atoms with E-state index in [1.54, 1.807) is 24.1 Å². The second-order valence-corrected chi connectivity index (χ2v) is 5.98. The molecule has 6 nitrogen and oxygen atoms in total. The molecule has 8 heteroatoms. The summed E-state index contributed by atoms with van der Waals surface area (Å²) in [5.41, 5.74) is 0.795. The molecule has 1 aliphatic carbocycles. The number of hydrogen-bond acceptors (Lipinski definition) is 5. The highest BCUT2D eigenvalue weighted by molar-refractivity contribution is 7.71. The molecule has 1 saturated carbocycles. The lowest BCUT2D eigenvalue weighted by molar-refractivity contribution is 0.311. The van der Waals surface area contributed by atoms with Gasteiger partial charge in [-0.15, -0.1) is 0 Å². The molecule has 23 heavy (non-hydrogen) atoms. The van der Waals surface area contributed by atoms with Crippen molar-refractivity contribution >= 4 is 30.0 Å². The summed E-state index contributed by atoms with van der Waals surface area (Å²) in [6.07, 6.45) is 3.93. The maximum absolute atomic E-state index is 6.24. The fourth-order valence-corrected chi connectivity index (χ4v) is 2.75. The molecule has 0 bridgehead atoms. The molecule has 122 valence electrons. The van der Waals surface area contributed by atoms with Crippen LogP contribution in [0, 0.1) is 4.77 Å². The van der Waals surface area contributed by atoms with Crippen molar-refractivity contribution in [3.63, 3.8) is 0 Å². The molecule has 3 rings (SSSR count). The van der Waals surface area contributed by atoms with Gasteiger partial charge in [0.15, 0.2) is 17.3 Å². The lowest BCUT2D eigenvalue weighted by Crippen LogP contribution is -1.99. The van der Waals surface area contributed by atoms with Crippen LogP contribution in [0.4, 0.5) is 0 Å². The van der Waals surface area contributed by atoms with E-state index >= 15 is 0 Å². The lowest BCUT2D eigenvalue weighted by atomic mass is 10.2. The average molecular weight is 353 g/mol. The van der Waals surface area contributed by atoms with Gasteiger partial charge in [0.2, 0.25) is 4.77 Å². The first-order valence-corrected chi connectivity index (χ1v) is 8.14. The second kappa shape index (κ2) is 6.72. The van der Waals surface area contributed by atoms with Crippen molar-refractivity contribution < 1.29 is 9.47 Å². The van der Waals surface area contributed by atoms with Crippen molar-refractivity contribution in [2.75, 3.05) is 13.7 Å². The standard InChI is InChI=1S/C15H17ClN4O2S/c1-3-22-12-7-9(6-11(16)13(12)21-2)8-17-20-14(10-4-5-10)18-19-15(20)23/h6-8,10H,3-5H2,1-2H3,(H,19,23)/b17-8-. The summed E-state index contributed by atoms with van der Waals surface area (Å²) < 4.78 is 13.0. The Labute approximate surface area is 144 Å². The van der Waals surface area contributed by atoms with E-state index < -0.39 is 0 Å². The van der Waals surface area contributed by atoms with Gasteiger partial charge in [-0.25, -0.2) is 0 Å². The Morgan fingerprint density at radius 2 is 2.30 bits per heavy atom. The molecule has 0 amide bonds. The highest BCUT2D eigenvalue weighted by Gasteiger charge is 2.29. The van der Waals surface area contributed by atoms with Crippen LogP contribution >= 0.6 is 23.8 Å². The predicted octanol–water partition coefficient (Wildman–Crippen LogP) is 3.76. The number of H-pyrrole nitrogens is 1. The monoisotopic (exact) mass is 352 g/mol. The number of halogens is 1. The van der Waals surface area contributed by atoms with Gasteiger partial charge in [-0.1, -0.05) is 11.6 Å². The quantitative estimate of drug-likeness (QED) is 0.635. The Hall–Kier alpha value is -1.86. The molecule has 0 atom stereocenters. The minimum atomic E-state index is 0.443. The highest BCUT2D eigenvalue weighted by Crippen LogP contribution is 2.39. The molecule has 1 aliphatic rings. The van der Waals surface area contributed by atoms with Crippen LogP contribution in [-0.2, 0) is 0 Å². The number of methoxy groups -OCH3 is 1. The molecule has 0 spiro atoms. The highest BCUT2D eigenvalue weighted by atomic mass is 35.5. The molecule has 1 fully saturated rings. The van der Waals surface area contributed by atoms with E-state index in [9.17, 15) is 0 Å². The number of hydrogen-bond donors (Lipinski definition) is 1. The summed E-state index contributed by atoms with van der Waals surface area (Å²) in [6, 6.07) is 3.60. The number of aromatic nitrogens is 3. The van der Waals surface area contributed by atoms with E-state index in [4.69, 9.17) is 33.3 Å². The maximum Gasteiger partial charge on any atom is 0.216 e. The minimum Gasteiger partial charge on any atom is -0.491 e. The fourth-order valence-electron chi connectivity index (χ4n) is 2.27. The molecular formula is C15H17ClN4O2S. The molecule has 2 aromatic rings. The smallest absolute Gasteiger partial charge is 0.216 e. The topological polar surface area (TPSA) is 64.4 Å². The van der Waals surface area contributed by atoms with E-state index in [1.807, 2.05) is 13.0 Å². The first-order valence-electron chi connectivity index (χ1n) is 7.36. The van der Waals surface area contributed by atoms with Crippen molar-refractivity contribution in [3.05, 3.63) is 33.3 Å². The summed E-state index contributed by atoms with van der Waals surface area (Å²) in [5.74, 6) is 2.42. The first kappa shape index (κ1) is 16.0. The normalized spacial score (nSPS) is 14.4. The lowest BCUT2D eigenvalue weighted by Gasteiger charge is -2.11. The molecule has 0 unspecified atom stereocenters. The SMILES string of the molecule is CCOc1cc(/C=N\n2c(C3CC3)n[nH]c2=S)cc(Cl)c1OC. The summed E-state index contributed by atoms with van der Waals surface area (Å²) in [6.45, 7) is 2.42. The number of rotatable bonds is 6. The first-order chi connectivity index (χ1) is 11.1. The summed E-state index contributed by atoms with van der Waals surface area (Å²) in [4.78, 5) is 0. The van der Waals surface area contributed by atoms with E-state index in [2.05, 4.69) is 15.3 Å². The Morgan fingerprint density at radius 3 is 2.96 bits per heavy atom. The average Bonchev–Trinajstić information content (AvgIpc) is 3.29. The molecule has 0 saturated heterocycles. The third-order valence-corrected chi connectivity index (χ3v) is 4.02. The van der Waals surface area contributed by atoms with Crippen LogP contribution in [-0.4, -0.2) is 34.8 Å². The van der Waals surface area contributed by atoms with Gasteiger partial charge < -0.3 is 9.47 Å². The number of nitrogens with zero attached hydrogens (tertiary/aromatic N) is 3. The fraction of sp³-hybridized carbons (Fsp3) is 0.400. The van der Waals surface area contributed by atoms with Crippen LogP contribution in [0.15, 0.2) is 17.2 Å². The van der Waals surface area contributed by atoms with Gasteiger partial charge in [-0.2, -0.15) is 14.9 Å². The van der Waals surface area contributed by atoms with Crippen LogP contribution in [0.2, 0.25) is 5.02 Å². The van der Waals surface area contributed by atoms with Gasteiger partial charge in [0, 0.05) is 5.92 Å². The molecule has 1 aromatic heterocycles. The number of aromatic amines is 1. The number of nitrogens with one attached hydrogen (secondary N) is 1. The Kier molecular flexibility index (Phi) is 4.68. The number of ether oxygens (including phenoxy) is 2. The largest absolute Gasteiger partial charge is 0.491 e. The molecular weight excluding hydrogens is 336 g/mol. The Balaban J connectivity index is 1.93. The van der Waals surface area contributed by atoms with Crippen molar-refractivity contribution in [2.45, 2.75) is 25.7 Å². The van der Waals surface area contributed by atoms with E-state index in [1.165, 1.54) is 0 Å². The summed E-state index contributed by atoms with van der Waals surface area (Å²) in [7, 11) is 1.56. The van der Waals surface area contributed by atoms with Gasteiger partial charge in [0.05, 0.1) is 25.0 Å². The van der Waals surface area contributed by atoms with Crippen molar-refractivity contribution in [3.8, 4) is 11.5 Å². The van der Waals surface area contributed by atoms with E-state index in [0.29, 0.717) is 33.8 Å². The third kappa shape index (κ3) is 3.40. The van der Waals surface area contributed by atoms with Crippen LogP contribution in [0.3, 0.4) is 0 Å². The van der Waals surface area contributed by atoms with Crippen molar-refractivity contribution in [1.29, 1.82) is 0 Å². The molecule has 1 aromatic carbocycles. The molecule has 1 N–H and O–H groups in total. The van der Waals surface area contributed by atoms with Gasteiger partial charge in [-0.05, 0) is 49.7 Å². The zero-order valence-corrected chi connectivity index (χ0v) is 14.4. The van der Waals surface area contributed by atoms with Crippen LogP contribution in [0.5, 0.6) is 11.5 Å². The van der Waals surface area contributed by atoms with E-state index in [0.717, 1.165) is 24.2 Å². The third-order valence-electron chi connectivity index (χ3n) is 3.48. The molecule has 0 radical (unpaired) electrons. The maximum atomic E-state index is 6.24. The zero-order valence-electron chi connectivity index (χ0n) is 12.9. The minimum absolute atomic E-state index is 0.443. The van der Waals surface area contributed by atoms with Crippen LogP contribution in [0.25, 0.3) is 0 Å². The Bertz CT molecular complexity index is 795. The Morgan fingerprint density at radius 1 is 1.52 bits per heavy atom. The van der Waals surface area contributed by atoms with Crippen LogP contribution < -0.4 is 9.47 Å². The van der Waals surface area contributed by atoms with E-state index in [-0.39, 0.29) is 0 Å². The molecule has 1 heterocycles. The van der Waals surface area contributed by atoms with Crippen LogP contribution in [0.1, 0.15) is 37.1 Å². The van der Waals surface area contributed by atoms with Gasteiger partial charge in [0.1, 0.15) is 0 Å². The van der Waals surface area contributed by atoms with Gasteiger partial charge in [-0.3, -0.25) is 5.10 Å². The van der Waals surface area contributed by atoms with Gasteiger partial charge in [0.25, 0.3) is 0 Å². The summed E-state index contributed by atoms with van der Waals surface area (Å²) in [5, 5.41) is 11.9. The number of benzene rings is 1. The summed E-state index contributed by atoms with van der Waals surface area (Å²) >= 11 is 11.5. The second-order valence-electron chi connectivity index (χ2n) is 5.18. The van der Waals surface area contributed by atoms with Crippen molar-refractivity contribution in [2.24, 2.45) is 5.10 Å².